The van der Waals surface area contributed by atoms with E-state index in [1.54, 1.807) is 36.2 Å². The number of carbonyl (C=O) groups excluding carboxylic acids is 3. The molecule has 2 amide bonds. The normalized spacial score (nSPS) is 13.0. The molecule has 0 fully saturated rings. The Morgan fingerprint density at radius 3 is 2.82 bits per heavy atom. The van der Waals surface area contributed by atoms with E-state index in [2.05, 4.69) is 5.32 Å². The monoisotopic (exact) mass is 399 g/mol. The molecule has 1 N–H and O–H groups in total. The van der Waals surface area contributed by atoms with Gasteiger partial charge in [0.1, 0.15) is 0 Å². The van der Waals surface area contributed by atoms with E-state index < -0.39 is 4.92 Å². The molecule has 144 valence electrons. The first-order valence-electron chi connectivity index (χ1n) is 8.48. The van der Waals surface area contributed by atoms with Gasteiger partial charge in [-0.15, -0.1) is 0 Å². The van der Waals surface area contributed by atoms with Gasteiger partial charge in [-0.25, -0.2) is 0 Å². The number of nitrogens with zero attached hydrogens (tertiary/aromatic N) is 2. The average Bonchev–Trinajstić information content (AvgIpc) is 3.25. The Kier molecular flexibility index (Phi) is 5.65. The summed E-state index contributed by atoms with van der Waals surface area (Å²) in [7, 11) is 1.70. The number of Topliss-reactive ketones (excluding diaryl/α,β-unsaturated/α-hetero) is 1. The van der Waals surface area contributed by atoms with Crippen molar-refractivity contribution in [1.29, 1.82) is 0 Å². The lowest BCUT2D eigenvalue weighted by atomic mass is 10.0. The van der Waals surface area contributed by atoms with Crippen molar-refractivity contribution >= 4 is 45.7 Å². The van der Waals surface area contributed by atoms with Crippen LogP contribution in [0.1, 0.15) is 27.2 Å². The summed E-state index contributed by atoms with van der Waals surface area (Å²) in [5.74, 6) is -0.511. The topological polar surface area (TPSA) is 110 Å². The first-order valence-corrected chi connectivity index (χ1v) is 9.29. The highest BCUT2D eigenvalue weighted by atomic mass is 32.1. The second-order valence-electron chi connectivity index (χ2n) is 6.20. The summed E-state index contributed by atoms with van der Waals surface area (Å²) < 4.78 is 0. The van der Waals surface area contributed by atoms with Crippen molar-refractivity contribution < 1.29 is 19.3 Å². The van der Waals surface area contributed by atoms with Crippen molar-refractivity contribution in [3.8, 4) is 0 Å². The second-order valence-corrected chi connectivity index (χ2v) is 7.30. The molecular formula is C19H17N3O5S. The molecule has 1 aromatic carbocycles. The number of anilines is 1. The standard InChI is InChI=1S/C19H17N3O5S/c1-21-15-5-2-12(10-13(15)11-18(21)25)16(23)8-9-20-17(24)6-3-14-4-7-19(28-14)22(26)27/h2-7,10H,8-9,11H2,1H3,(H,20,24)/b6-3+. The Morgan fingerprint density at radius 1 is 1.32 bits per heavy atom. The van der Waals surface area contributed by atoms with E-state index in [-0.39, 0.29) is 42.0 Å². The van der Waals surface area contributed by atoms with Crippen LogP contribution in [0, 0.1) is 10.1 Å². The number of hydrogen-bond donors (Lipinski definition) is 1. The van der Waals surface area contributed by atoms with E-state index in [0.717, 1.165) is 22.6 Å². The van der Waals surface area contributed by atoms with E-state index in [0.29, 0.717) is 10.4 Å². The molecule has 2 heterocycles. The number of fused-ring (bicyclic) bond motifs is 1. The smallest absolute Gasteiger partial charge is 0.324 e. The molecule has 0 saturated carbocycles. The Hall–Kier alpha value is -3.33. The van der Waals surface area contributed by atoms with Crippen molar-refractivity contribution in [2.24, 2.45) is 0 Å². The molecular weight excluding hydrogens is 382 g/mol. The Labute approximate surface area is 164 Å². The van der Waals surface area contributed by atoms with Gasteiger partial charge in [0.15, 0.2) is 5.78 Å². The SMILES string of the molecule is CN1C(=O)Cc2cc(C(=O)CCNC(=O)/C=C/c3ccc([N+](=O)[O-])s3)ccc21. The molecule has 1 aliphatic heterocycles. The maximum absolute atomic E-state index is 12.3. The largest absolute Gasteiger partial charge is 0.352 e. The minimum Gasteiger partial charge on any atom is -0.352 e. The van der Waals surface area contributed by atoms with Gasteiger partial charge in [-0.3, -0.25) is 24.5 Å². The summed E-state index contributed by atoms with van der Waals surface area (Å²) in [5.41, 5.74) is 2.15. The lowest BCUT2D eigenvalue weighted by Gasteiger charge is -2.10. The molecule has 0 saturated heterocycles. The van der Waals surface area contributed by atoms with Crippen LogP contribution in [0.2, 0.25) is 0 Å². The Bertz CT molecular complexity index is 995. The lowest BCUT2D eigenvalue weighted by Crippen LogP contribution is -2.24. The number of likely N-dealkylation sites (N-methyl/N-ethyl adjacent to an activating group) is 1. The maximum atomic E-state index is 12.3. The van der Waals surface area contributed by atoms with Gasteiger partial charge in [0.25, 0.3) is 0 Å². The van der Waals surface area contributed by atoms with Crippen molar-refractivity contribution in [2.45, 2.75) is 12.8 Å². The third-order valence-corrected chi connectivity index (χ3v) is 5.32. The summed E-state index contributed by atoms with van der Waals surface area (Å²) in [5, 5.41) is 13.2. The van der Waals surface area contributed by atoms with Gasteiger partial charge in [0, 0.05) is 48.3 Å². The van der Waals surface area contributed by atoms with Crippen molar-refractivity contribution in [3.05, 3.63) is 62.5 Å². The zero-order chi connectivity index (χ0) is 20.3. The maximum Gasteiger partial charge on any atom is 0.324 e. The van der Waals surface area contributed by atoms with Gasteiger partial charge in [-0.1, -0.05) is 11.3 Å². The molecule has 28 heavy (non-hydrogen) atoms. The van der Waals surface area contributed by atoms with Crippen LogP contribution in [0.15, 0.2) is 36.4 Å². The molecule has 0 bridgehead atoms. The molecule has 0 radical (unpaired) electrons. The molecule has 1 aliphatic rings. The molecule has 3 rings (SSSR count). The fourth-order valence-corrected chi connectivity index (χ4v) is 3.56. The Balaban J connectivity index is 1.49. The van der Waals surface area contributed by atoms with Crippen LogP contribution in [-0.4, -0.2) is 36.1 Å². The van der Waals surface area contributed by atoms with E-state index in [1.807, 2.05) is 0 Å². The number of ketones is 1. The minimum atomic E-state index is -0.486. The van der Waals surface area contributed by atoms with Gasteiger partial charge in [0.05, 0.1) is 11.3 Å². The first-order chi connectivity index (χ1) is 13.3. The predicted molar refractivity (Wildman–Crippen MR) is 106 cm³/mol. The number of hydrogen-bond acceptors (Lipinski definition) is 6. The highest BCUT2D eigenvalue weighted by molar-refractivity contribution is 7.16. The van der Waals surface area contributed by atoms with Crippen LogP contribution < -0.4 is 10.2 Å². The first kappa shape index (κ1) is 19.4. The highest BCUT2D eigenvalue weighted by Crippen LogP contribution is 2.28. The van der Waals surface area contributed by atoms with Crippen LogP contribution >= 0.6 is 11.3 Å². The fraction of sp³-hybridized carbons (Fsp3) is 0.211. The van der Waals surface area contributed by atoms with E-state index in [1.165, 1.54) is 18.2 Å². The third kappa shape index (κ3) is 4.32. The molecule has 2 aromatic rings. The van der Waals surface area contributed by atoms with Crippen molar-refractivity contribution in [1.82, 2.24) is 5.32 Å². The van der Waals surface area contributed by atoms with Crippen LogP contribution in [0.5, 0.6) is 0 Å². The summed E-state index contributed by atoms with van der Waals surface area (Å²) in [6.07, 6.45) is 3.18. The summed E-state index contributed by atoms with van der Waals surface area (Å²) in [6, 6.07) is 8.11. The number of nitro groups is 1. The van der Waals surface area contributed by atoms with Gasteiger partial charge in [-0.05, 0) is 35.9 Å². The number of rotatable bonds is 7. The van der Waals surface area contributed by atoms with Crippen LogP contribution in [0.4, 0.5) is 10.7 Å². The summed E-state index contributed by atoms with van der Waals surface area (Å²) >= 11 is 0.972. The van der Waals surface area contributed by atoms with E-state index in [4.69, 9.17) is 0 Å². The number of nitrogens with one attached hydrogen (secondary N) is 1. The Morgan fingerprint density at radius 2 is 2.11 bits per heavy atom. The summed E-state index contributed by atoms with van der Waals surface area (Å²) in [6.45, 7) is 0.169. The van der Waals surface area contributed by atoms with Crippen LogP contribution in [-0.2, 0) is 16.0 Å². The minimum absolute atomic E-state index is 0.00489. The van der Waals surface area contributed by atoms with Crippen molar-refractivity contribution in [2.75, 3.05) is 18.5 Å². The lowest BCUT2D eigenvalue weighted by molar-refractivity contribution is -0.380. The molecule has 0 aliphatic carbocycles. The number of amides is 2. The number of thiophene rings is 1. The number of benzene rings is 1. The van der Waals surface area contributed by atoms with Gasteiger partial charge < -0.3 is 10.2 Å². The predicted octanol–water partition coefficient (Wildman–Crippen LogP) is 2.58. The zero-order valence-corrected chi connectivity index (χ0v) is 15.8. The average molecular weight is 399 g/mol. The second kappa shape index (κ2) is 8.13. The third-order valence-electron chi connectivity index (χ3n) is 4.32. The van der Waals surface area contributed by atoms with Gasteiger partial charge in [0.2, 0.25) is 11.8 Å². The fourth-order valence-electron chi connectivity index (χ4n) is 2.83. The van der Waals surface area contributed by atoms with E-state index in [9.17, 15) is 24.5 Å². The summed E-state index contributed by atoms with van der Waals surface area (Å²) in [4.78, 5) is 48.1. The molecule has 0 atom stereocenters. The quantitative estimate of drug-likeness (QED) is 0.333. The number of carbonyl (C=O) groups is 3. The van der Waals surface area contributed by atoms with Crippen molar-refractivity contribution in [3.63, 3.8) is 0 Å². The molecule has 9 heteroatoms. The molecule has 0 spiro atoms. The molecule has 1 aromatic heterocycles. The highest BCUT2D eigenvalue weighted by Gasteiger charge is 2.24. The molecule has 8 nitrogen and oxygen atoms in total. The zero-order valence-electron chi connectivity index (χ0n) is 15.0. The van der Waals surface area contributed by atoms with Gasteiger partial charge >= 0.3 is 5.00 Å². The van der Waals surface area contributed by atoms with E-state index >= 15 is 0 Å². The van der Waals surface area contributed by atoms with Crippen LogP contribution in [0.3, 0.4) is 0 Å². The van der Waals surface area contributed by atoms with Gasteiger partial charge in [-0.2, -0.15) is 0 Å². The van der Waals surface area contributed by atoms with Crippen LogP contribution in [0.25, 0.3) is 6.08 Å². The molecule has 0 unspecified atom stereocenters.